The summed E-state index contributed by atoms with van der Waals surface area (Å²) in [7, 11) is 0. The van der Waals surface area contributed by atoms with Gasteiger partial charge in [0.2, 0.25) is 0 Å². The van der Waals surface area contributed by atoms with Gasteiger partial charge in [0.15, 0.2) is 0 Å². The highest BCUT2D eigenvalue weighted by Gasteiger charge is 2.24. The van der Waals surface area contributed by atoms with Gasteiger partial charge in [-0.25, -0.2) is 0 Å². The van der Waals surface area contributed by atoms with E-state index in [-0.39, 0.29) is 12.7 Å². The van der Waals surface area contributed by atoms with Gasteiger partial charge < -0.3 is 10.2 Å². The average molecular weight is 265 g/mol. The summed E-state index contributed by atoms with van der Waals surface area (Å²) in [5.41, 5.74) is 0.981. The molecule has 2 rings (SSSR count). The molecule has 1 aliphatic heterocycles. The maximum absolute atomic E-state index is 9.70. The van der Waals surface area contributed by atoms with Gasteiger partial charge in [0.05, 0.1) is 6.10 Å². The second kappa shape index (κ2) is 6.35. The highest BCUT2D eigenvalue weighted by Crippen LogP contribution is 2.21. The van der Waals surface area contributed by atoms with Crippen molar-refractivity contribution < 1.29 is 10.2 Å². The summed E-state index contributed by atoms with van der Waals surface area (Å²) in [5.74, 6) is 5.93. The fourth-order valence-corrected chi connectivity index (χ4v) is 3.11. The Morgan fingerprint density at radius 2 is 2.39 bits per heavy atom. The minimum atomic E-state index is -0.143. The van der Waals surface area contributed by atoms with Crippen molar-refractivity contribution in [1.82, 2.24) is 4.90 Å². The number of aliphatic hydroxyl groups excluding tert-OH is 2. The van der Waals surface area contributed by atoms with Crippen LogP contribution in [0.1, 0.15) is 23.8 Å². The first-order chi connectivity index (χ1) is 8.69. The Bertz CT molecular complexity index is 446. The SMILES string of the molecule is CC1CN(Cc2cc(C#CCO)cs2)CCC1O. The first-order valence-corrected chi connectivity index (χ1v) is 7.14. The lowest BCUT2D eigenvalue weighted by Crippen LogP contribution is -2.41. The van der Waals surface area contributed by atoms with Crippen molar-refractivity contribution in [3.8, 4) is 11.8 Å². The Labute approximate surface area is 112 Å². The molecule has 0 amide bonds. The van der Waals surface area contributed by atoms with Crippen LogP contribution in [0.3, 0.4) is 0 Å². The molecule has 1 fully saturated rings. The molecule has 98 valence electrons. The summed E-state index contributed by atoms with van der Waals surface area (Å²) < 4.78 is 0. The van der Waals surface area contributed by atoms with Crippen LogP contribution >= 0.6 is 11.3 Å². The van der Waals surface area contributed by atoms with E-state index in [2.05, 4.69) is 29.7 Å². The van der Waals surface area contributed by atoms with Gasteiger partial charge in [-0.3, -0.25) is 4.90 Å². The van der Waals surface area contributed by atoms with E-state index in [4.69, 9.17) is 5.11 Å². The van der Waals surface area contributed by atoms with Gasteiger partial charge in [0.25, 0.3) is 0 Å². The second-order valence-electron chi connectivity index (χ2n) is 4.83. The van der Waals surface area contributed by atoms with Gasteiger partial charge in [-0.2, -0.15) is 0 Å². The van der Waals surface area contributed by atoms with Crippen LogP contribution in [0.25, 0.3) is 0 Å². The predicted molar refractivity (Wildman–Crippen MR) is 73.3 cm³/mol. The second-order valence-corrected chi connectivity index (χ2v) is 5.83. The molecule has 2 atom stereocenters. The Hall–Kier alpha value is -0.860. The number of hydrogen-bond acceptors (Lipinski definition) is 4. The number of thiophene rings is 1. The lowest BCUT2D eigenvalue weighted by Gasteiger charge is -2.34. The number of nitrogens with zero attached hydrogens (tertiary/aromatic N) is 1. The van der Waals surface area contributed by atoms with Crippen molar-refractivity contribution in [3.63, 3.8) is 0 Å². The fourth-order valence-electron chi connectivity index (χ4n) is 2.25. The van der Waals surface area contributed by atoms with Crippen molar-refractivity contribution in [2.45, 2.75) is 26.0 Å². The summed E-state index contributed by atoms with van der Waals surface area (Å²) in [6.45, 7) is 4.86. The molecule has 2 heterocycles. The van der Waals surface area contributed by atoms with E-state index < -0.39 is 0 Å². The maximum atomic E-state index is 9.70. The van der Waals surface area contributed by atoms with Crippen LogP contribution in [-0.2, 0) is 6.54 Å². The van der Waals surface area contributed by atoms with Crippen molar-refractivity contribution in [2.75, 3.05) is 19.7 Å². The first kappa shape index (κ1) is 13.6. The normalized spacial score (nSPS) is 24.6. The molecule has 1 aromatic rings. The Kier molecular flexibility index (Phi) is 4.79. The number of piperidine rings is 1. The molecule has 0 saturated carbocycles. The highest BCUT2D eigenvalue weighted by atomic mass is 32.1. The summed E-state index contributed by atoms with van der Waals surface area (Å²) in [6, 6.07) is 2.09. The third-order valence-electron chi connectivity index (χ3n) is 3.29. The monoisotopic (exact) mass is 265 g/mol. The zero-order valence-corrected chi connectivity index (χ0v) is 11.4. The number of aliphatic hydroxyl groups is 2. The average Bonchev–Trinajstić information content (AvgIpc) is 2.79. The summed E-state index contributed by atoms with van der Waals surface area (Å²) in [5, 5.41) is 20.4. The molecule has 1 aromatic heterocycles. The maximum Gasteiger partial charge on any atom is 0.104 e. The van der Waals surface area contributed by atoms with Crippen LogP contribution in [0.5, 0.6) is 0 Å². The van der Waals surface area contributed by atoms with E-state index >= 15 is 0 Å². The lowest BCUT2D eigenvalue weighted by atomic mass is 9.97. The molecule has 0 bridgehead atoms. The van der Waals surface area contributed by atoms with E-state index in [9.17, 15) is 5.11 Å². The molecule has 0 aliphatic carbocycles. The van der Waals surface area contributed by atoms with Gasteiger partial charge >= 0.3 is 0 Å². The molecule has 4 heteroatoms. The molecule has 3 nitrogen and oxygen atoms in total. The van der Waals surface area contributed by atoms with E-state index in [0.717, 1.165) is 31.6 Å². The van der Waals surface area contributed by atoms with Crippen LogP contribution in [0.15, 0.2) is 11.4 Å². The van der Waals surface area contributed by atoms with Crippen molar-refractivity contribution >= 4 is 11.3 Å². The largest absolute Gasteiger partial charge is 0.393 e. The summed E-state index contributed by atoms with van der Waals surface area (Å²) in [6.07, 6.45) is 0.722. The molecule has 18 heavy (non-hydrogen) atoms. The summed E-state index contributed by atoms with van der Waals surface area (Å²) >= 11 is 1.71. The van der Waals surface area contributed by atoms with Gasteiger partial charge in [-0.05, 0) is 18.4 Å². The minimum absolute atomic E-state index is 0.0906. The molecule has 1 saturated heterocycles. The lowest BCUT2D eigenvalue weighted by molar-refractivity contribution is 0.0324. The van der Waals surface area contributed by atoms with Crippen LogP contribution < -0.4 is 0 Å². The first-order valence-electron chi connectivity index (χ1n) is 6.26. The fraction of sp³-hybridized carbons (Fsp3) is 0.571. The van der Waals surface area contributed by atoms with Crippen molar-refractivity contribution in [1.29, 1.82) is 0 Å². The Morgan fingerprint density at radius 3 is 3.11 bits per heavy atom. The molecule has 0 aromatic carbocycles. The van der Waals surface area contributed by atoms with Crippen LogP contribution in [0.2, 0.25) is 0 Å². The highest BCUT2D eigenvalue weighted by molar-refractivity contribution is 7.10. The van der Waals surface area contributed by atoms with Gasteiger partial charge in [0.1, 0.15) is 6.61 Å². The number of likely N-dealkylation sites (tertiary alicyclic amines) is 1. The third kappa shape index (κ3) is 3.56. The number of rotatable bonds is 2. The molecule has 0 radical (unpaired) electrons. The zero-order valence-electron chi connectivity index (χ0n) is 10.6. The standard InChI is InChI=1S/C14H19NO2S/c1-11-8-15(5-4-14(11)17)9-13-7-12(10-18-13)3-2-6-16/h7,10-11,14,16-17H,4-6,8-9H2,1H3. The molecule has 2 unspecified atom stereocenters. The van der Waals surface area contributed by atoms with Crippen molar-refractivity contribution in [3.05, 3.63) is 21.9 Å². The molecule has 2 N–H and O–H groups in total. The molecular formula is C14H19NO2S. The van der Waals surface area contributed by atoms with Gasteiger partial charge in [-0.15, -0.1) is 11.3 Å². The van der Waals surface area contributed by atoms with E-state index in [1.165, 1.54) is 4.88 Å². The minimum Gasteiger partial charge on any atom is -0.393 e. The predicted octanol–water partition coefficient (Wildman–Crippen LogP) is 1.29. The van der Waals surface area contributed by atoms with Gasteiger partial charge in [0, 0.05) is 35.5 Å². The van der Waals surface area contributed by atoms with E-state index in [1.807, 2.05) is 5.38 Å². The quantitative estimate of drug-likeness (QED) is 0.792. The third-order valence-corrected chi connectivity index (χ3v) is 4.21. The topological polar surface area (TPSA) is 43.7 Å². The van der Waals surface area contributed by atoms with E-state index in [1.54, 1.807) is 11.3 Å². The Morgan fingerprint density at radius 1 is 1.56 bits per heavy atom. The van der Waals surface area contributed by atoms with Crippen LogP contribution in [0, 0.1) is 17.8 Å². The smallest absolute Gasteiger partial charge is 0.104 e. The molecule has 0 spiro atoms. The summed E-state index contributed by atoms with van der Waals surface area (Å²) in [4.78, 5) is 3.67. The van der Waals surface area contributed by atoms with Crippen LogP contribution in [-0.4, -0.2) is 40.9 Å². The molecule has 1 aliphatic rings. The number of hydrogen-bond donors (Lipinski definition) is 2. The van der Waals surface area contributed by atoms with Gasteiger partial charge in [-0.1, -0.05) is 18.8 Å². The van der Waals surface area contributed by atoms with Crippen molar-refractivity contribution in [2.24, 2.45) is 5.92 Å². The Balaban J connectivity index is 1.91. The van der Waals surface area contributed by atoms with E-state index in [0.29, 0.717) is 5.92 Å². The van der Waals surface area contributed by atoms with Crippen LogP contribution in [0.4, 0.5) is 0 Å². The molecular weight excluding hydrogens is 246 g/mol. The zero-order chi connectivity index (χ0) is 13.0.